The van der Waals surface area contributed by atoms with Crippen LogP contribution in [0.3, 0.4) is 0 Å². The van der Waals surface area contributed by atoms with Gasteiger partial charge < -0.3 is 14.6 Å². The predicted octanol–water partition coefficient (Wildman–Crippen LogP) is 2.73. The summed E-state index contributed by atoms with van der Waals surface area (Å²) in [7, 11) is 0. The van der Waals surface area contributed by atoms with Gasteiger partial charge in [-0.3, -0.25) is 9.69 Å². The summed E-state index contributed by atoms with van der Waals surface area (Å²) in [4.78, 5) is 15.0. The highest BCUT2D eigenvalue weighted by molar-refractivity contribution is 5.91. The lowest BCUT2D eigenvalue weighted by molar-refractivity contribution is 0.00363. The van der Waals surface area contributed by atoms with Crippen LogP contribution in [-0.4, -0.2) is 53.8 Å². The second-order valence-corrected chi connectivity index (χ2v) is 9.11. The highest BCUT2D eigenvalue weighted by atomic mass is 16.5. The van der Waals surface area contributed by atoms with Gasteiger partial charge in [-0.15, -0.1) is 0 Å². The Bertz CT molecular complexity index is 764. The van der Waals surface area contributed by atoms with Gasteiger partial charge in [-0.05, 0) is 39.5 Å². The number of aromatic nitrogens is 1. The molecule has 1 amide bonds. The average Bonchev–Trinajstić information content (AvgIpc) is 3.02. The van der Waals surface area contributed by atoms with Gasteiger partial charge >= 0.3 is 0 Å². The fraction of sp³-hybridized carbons (Fsp3) is 0.714. The molecule has 1 aliphatic carbocycles. The van der Waals surface area contributed by atoms with Gasteiger partial charge in [0.05, 0.1) is 17.4 Å². The second kappa shape index (κ2) is 6.45. The molecule has 4 atom stereocenters. The Morgan fingerprint density at radius 1 is 1.41 bits per heavy atom. The fourth-order valence-corrected chi connectivity index (χ4v) is 5.28. The van der Waals surface area contributed by atoms with Crippen LogP contribution in [0.25, 0.3) is 0 Å². The number of nitrogens with zero attached hydrogens (tertiary/aromatic N) is 2. The molecule has 1 N–H and O–H groups in total. The Kier molecular flexibility index (Phi) is 4.17. The van der Waals surface area contributed by atoms with E-state index in [9.17, 15) is 4.79 Å². The van der Waals surface area contributed by atoms with Crippen LogP contribution < -0.4 is 5.32 Å². The molecule has 2 bridgehead atoms. The van der Waals surface area contributed by atoms with Crippen molar-refractivity contribution in [3.63, 3.8) is 0 Å². The van der Waals surface area contributed by atoms with Crippen molar-refractivity contribution in [2.24, 2.45) is 11.8 Å². The van der Waals surface area contributed by atoms with Crippen molar-refractivity contribution in [3.8, 4) is 0 Å². The van der Waals surface area contributed by atoms with E-state index in [4.69, 9.17) is 9.26 Å². The van der Waals surface area contributed by atoms with Crippen LogP contribution in [0, 0.1) is 11.8 Å². The van der Waals surface area contributed by atoms with E-state index in [1.807, 2.05) is 6.07 Å². The van der Waals surface area contributed by atoms with Crippen LogP contribution >= 0.6 is 0 Å². The molecule has 4 aliphatic rings. The molecule has 3 saturated heterocycles. The number of hydrogen-bond donors (Lipinski definition) is 1. The second-order valence-electron chi connectivity index (χ2n) is 9.11. The van der Waals surface area contributed by atoms with E-state index in [0.29, 0.717) is 30.1 Å². The topological polar surface area (TPSA) is 67.6 Å². The molecule has 27 heavy (non-hydrogen) atoms. The summed E-state index contributed by atoms with van der Waals surface area (Å²) in [5, 5.41) is 7.13. The molecule has 6 nitrogen and oxygen atoms in total. The normalized spacial score (nSPS) is 34.7. The van der Waals surface area contributed by atoms with Crippen LogP contribution in [0.4, 0.5) is 0 Å². The first-order valence-electron chi connectivity index (χ1n) is 10.3. The van der Waals surface area contributed by atoms with Crippen LogP contribution in [0.15, 0.2) is 22.2 Å². The Morgan fingerprint density at radius 3 is 3.04 bits per heavy atom. The largest absolute Gasteiger partial charge is 0.370 e. The Hall–Kier alpha value is -1.66. The molecule has 5 rings (SSSR count). The Labute approximate surface area is 160 Å². The summed E-state index contributed by atoms with van der Waals surface area (Å²) in [6.07, 6.45) is 7.16. The van der Waals surface area contributed by atoms with E-state index in [0.717, 1.165) is 51.0 Å². The molecule has 1 spiro atoms. The maximum absolute atomic E-state index is 12.5. The molecule has 4 heterocycles. The number of carbonyl (C=O) groups excluding carboxylic acids is 1. The highest BCUT2D eigenvalue weighted by Crippen LogP contribution is 2.54. The number of nitrogens with one attached hydrogen (secondary N) is 1. The third-order valence-corrected chi connectivity index (χ3v) is 6.86. The SMILES string of the molecule is CC(C)=CCN1C[C@@H]2[C@H](CNC(=O)c3cc(C4CC4)no3)[C@H]3CC[C@]2(C1)O3. The number of fused-ring (bicyclic) bond motifs is 1. The van der Waals surface area contributed by atoms with Gasteiger partial charge in [-0.25, -0.2) is 0 Å². The molecule has 1 aromatic rings. The molecular weight excluding hydrogens is 342 g/mol. The average molecular weight is 371 g/mol. The number of allylic oxidation sites excluding steroid dienone is 1. The number of likely N-dealkylation sites (tertiary alicyclic amines) is 1. The third kappa shape index (κ3) is 3.13. The van der Waals surface area contributed by atoms with E-state index in [1.54, 1.807) is 0 Å². The number of rotatable bonds is 6. The van der Waals surface area contributed by atoms with Gasteiger partial charge in [0.1, 0.15) is 0 Å². The minimum Gasteiger partial charge on any atom is -0.370 e. The van der Waals surface area contributed by atoms with E-state index in [-0.39, 0.29) is 17.6 Å². The zero-order valence-corrected chi connectivity index (χ0v) is 16.2. The molecular formula is C21H29N3O3. The summed E-state index contributed by atoms with van der Waals surface area (Å²) in [6.45, 7) is 8.03. The van der Waals surface area contributed by atoms with Gasteiger partial charge in [0, 0.05) is 50.0 Å². The highest BCUT2D eigenvalue weighted by Gasteiger charge is 2.62. The molecule has 4 fully saturated rings. The van der Waals surface area contributed by atoms with Crippen LogP contribution in [0.5, 0.6) is 0 Å². The molecule has 146 valence electrons. The van der Waals surface area contributed by atoms with E-state index < -0.39 is 0 Å². The zero-order chi connectivity index (χ0) is 18.6. The number of ether oxygens (including phenoxy) is 1. The molecule has 3 aliphatic heterocycles. The summed E-state index contributed by atoms with van der Waals surface area (Å²) < 4.78 is 11.7. The first kappa shape index (κ1) is 17.4. The standard InChI is InChI=1S/C21H29N3O3/c1-13(2)6-8-24-11-16-15(18-5-7-21(16,12-24)26-18)10-22-20(25)19-9-17(23-27-19)14-3-4-14/h6,9,14-16,18H,3-5,7-8,10-12H2,1-2H3,(H,22,25)/t15-,16+,18+,21+/m0/s1. The van der Waals surface area contributed by atoms with Crippen molar-refractivity contribution >= 4 is 5.91 Å². The first-order valence-corrected chi connectivity index (χ1v) is 10.3. The van der Waals surface area contributed by atoms with Crippen LogP contribution in [0.2, 0.25) is 0 Å². The molecule has 0 unspecified atom stereocenters. The van der Waals surface area contributed by atoms with Crippen molar-refractivity contribution < 1.29 is 14.1 Å². The van der Waals surface area contributed by atoms with Gasteiger partial charge in [0.2, 0.25) is 5.76 Å². The zero-order valence-electron chi connectivity index (χ0n) is 16.2. The molecule has 1 saturated carbocycles. The summed E-state index contributed by atoms with van der Waals surface area (Å²) in [5.74, 6) is 1.60. The van der Waals surface area contributed by atoms with E-state index in [2.05, 4.69) is 35.3 Å². The lowest BCUT2D eigenvalue weighted by atomic mass is 9.73. The Balaban J connectivity index is 1.21. The molecule has 0 aromatic carbocycles. The fourth-order valence-electron chi connectivity index (χ4n) is 5.28. The van der Waals surface area contributed by atoms with E-state index in [1.165, 1.54) is 5.57 Å². The van der Waals surface area contributed by atoms with Gasteiger partial charge in [0.15, 0.2) is 0 Å². The number of amides is 1. The minimum atomic E-state index is -0.148. The lowest BCUT2D eigenvalue weighted by Gasteiger charge is -2.29. The first-order chi connectivity index (χ1) is 13.0. The van der Waals surface area contributed by atoms with Gasteiger partial charge in [-0.1, -0.05) is 16.8 Å². The monoisotopic (exact) mass is 371 g/mol. The van der Waals surface area contributed by atoms with Crippen LogP contribution in [-0.2, 0) is 4.74 Å². The summed E-state index contributed by atoms with van der Waals surface area (Å²) in [6, 6.07) is 1.81. The minimum absolute atomic E-state index is 0.0148. The van der Waals surface area contributed by atoms with Crippen LogP contribution in [0.1, 0.15) is 61.7 Å². The van der Waals surface area contributed by atoms with Crippen molar-refractivity contribution in [2.45, 2.75) is 57.2 Å². The number of hydrogen-bond acceptors (Lipinski definition) is 5. The van der Waals surface area contributed by atoms with Gasteiger partial charge in [-0.2, -0.15) is 0 Å². The van der Waals surface area contributed by atoms with Gasteiger partial charge in [0.25, 0.3) is 5.91 Å². The quantitative estimate of drug-likeness (QED) is 0.779. The maximum Gasteiger partial charge on any atom is 0.289 e. The van der Waals surface area contributed by atoms with E-state index >= 15 is 0 Å². The smallest absolute Gasteiger partial charge is 0.289 e. The van der Waals surface area contributed by atoms with Crippen molar-refractivity contribution in [2.75, 3.05) is 26.2 Å². The predicted molar refractivity (Wildman–Crippen MR) is 101 cm³/mol. The molecule has 0 radical (unpaired) electrons. The number of carbonyl (C=O) groups is 1. The Morgan fingerprint density at radius 2 is 2.26 bits per heavy atom. The lowest BCUT2D eigenvalue weighted by Crippen LogP contribution is -2.41. The maximum atomic E-state index is 12.5. The summed E-state index contributed by atoms with van der Waals surface area (Å²) in [5.41, 5.74) is 2.30. The third-order valence-electron chi connectivity index (χ3n) is 6.86. The van der Waals surface area contributed by atoms with Crippen molar-refractivity contribution in [1.82, 2.24) is 15.4 Å². The summed E-state index contributed by atoms with van der Waals surface area (Å²) >= 11 is 0. The van der Waals surface area contributed by atoms with Crippen molar-refractivity contribution in [3.05, 3.63) is 29.2 Å². The molecule has 1 aromatic heterocycles. The molecule has 6 heteroatoms. The van der Waals surface area contributed by atoms with Crippen molar-refractivity contribution in [1.29, 1.82) is 0 Å².